The zero-order valence-corrected chi connectivity index (χ0v) is 11.2. The number of fused-ring (bicyclic) bond motifs is 1. The summed E-state index contributed by atoms with van der Waals surface area (Å²) in [5.74, 6) is -0.316. The van der Waals surface area contributed by atoms with Crippen LogP contribution in [0.25, 0.3) is 10.9 Å². The number of nitrogens with zero attached hydrogens (tertiary/aromatic N) is 1. The number of aliphatic hydroxyl groups is 1. The first-order valence-electron chi connectivity index (χ1n) is 5.99. The largest absolute Gasteiger partial charge is 0.495 e. The van der Waals surface area contributed by atoms with Crippen molar-refractivity contribution in [2.45, 2.75) is 19.4 Å². The third kappa shape index (κ3) is 2.17. The van der Waals surface area contributed by atoms with Gasteiger partial charge in [-0.15, -0.1) is 0 Å². The summed E-state index contributed by atoms with van der Waals surface area (Å²) in [5, 5.41) is 19.8. The maximum absolute atomic E-state index is 10.8. The molecule has 0 saturated heterocycles. The van der Waals surface area contributed by atoms with Gasteiger partial charge in [-0.1, -0.05) is 12.1 Å². The summed E-state index contributed by atoms with van der Waals surface area (Å²) in [6.07, 6.45) is -1.33. The van der Waals surface area contributed by atoms with Gasteiger partial charge in [0.05, 0.1) is 25.2 Å². The SMILES string of the molecule is COc1cccc2c(C(O)CC(=O)O)c(C)n(C)c12. The zero-order valence-electron chi connectivity index (χ0n) is 11.2. The molecule has 0 amide bonds. The smallest absolute Gasteiger partial charge is 0.306 e. The number of hydrogen-bond donors (Lipinski definition) is 2. The Kier molecular flexibility index (Phi) is 3.48. The van der Waals surface area contributed by atoms with E-state index in [0.29, 0.717) is 11.3 Å². The molecule has 0 aliphatic rings. The lowest BCUT2D eigenvalue weighted by molar-refractivity contribution is -0.139. The molecule has 0 aliphatic heterocycles. The van der Waals surface area contributed by atoms with E-state index < -0.39 is 12.1 Å². The standard InChI is InChI=1S/C14H17NO4/c1-8-13(10(16)7-12(17)18)9-5-4-6-11(19-3)14(9)15(8)2/h4-6,10,16H,7H2,1-3H3,(H,17,18). The van der Waals surface area contributed by atoms with Crippen molar-refractivity contribution in [3.05, 3.63) is 29.5 Å². The highest BCUT2D eigenvalue weighted by molar-refractivity contribution is 5.91. The van der Waals surface area contributed by atoms with Crippen LogP contribution in [0, 0.1) is 6.92 Å². The second kappa shape index (κ2) is 4.93. The predicted molar refractivity (Wildman–Crippen MR) is 71.4 cm³/mol. The molecule has 0 aliphatic carbocycles. The van der Waals surface area contributed by atoms with Gasteiger partial charge in [-0.3, -0.25) is 4.79 Å². The molecule has 1 aromatic carbocycles. The van der Waals surface area contributed by atoms with Crippen LogP contribution in [0.15, 0.2) is 18.2 Å². The molecule has 1 atom stereocenters. The number of rotatable bonds is 4. The Labute approximate surface area is 111 Å². The van der Waals surface area contributed by atoms with Gasteiger partial charge in [-0.25, -0.2) is 0 Å². The number of carboxylic acids is 1. The minimum absolute atomic E-state index is 0.308. The molecule has 2 rings (SSSR count). The van der Waals surface area contributed by atoms with Gasteiger partial charge in [0, 0.05) is 23.7 Å². The third-order valence-corrected chi connectivity index (χ3v) is 3.44. The van der Waals surface area contributed by atoms with Crippen LogP contribution in [-0.2, 0) is 11.8 Å². The highest BCUT2D eigenvalue weighted by atomic mass is 16.5. The topological polar surface area (TPSA) is 71.7 Å². The summed E-state index contributed by atoms with van der Waals surface area (Å²) in [5.41, 5.74) is 2.36. The maximum Gasteiger partial charge on any atom is 0.306 e. The number of methoxy groups -OCH3 is 1. The quantitative estimate of drug-likeness (QED) is 0.885. The Morgan fingerprint density at radius 3 is 2.74 bits per heavy atom. The normalized spacial score (nSPS) is 12.6. The molecule has 5 nitrogen and oxygen atoms in total. The highest BCUT2D eigenvalue weighted by Gasteiger charge is 2.22. The lowest BCUT2D eigenvalue weighted by Crippen LogP contribution is -2.06. The number of carboxylic acid groups (broad SMARTS) is 1. The van der Waals surface area contributed by atoms with Crippen LogP contribution in [0.5, 0.6) is 5.75 Å². The zero-order chi connectivity index (χ0) is 14.2. The fourth-order valence-electron chi connectivity index (χ4n) is 2.48. The van der Waals surface area contributed by atoms with Gasteiger partial charge in [0.15, 0.2) is 0 Å². The molecule has 0 spiro atoms. The van der Waals surface area contributed by atoms with Gasteiger partial charge >= 0.3 is 5.97 Å². The first-order valence-corrected chi connectivity index (χ1v) is 5.99. The summed E-state index contributed by atoms with van der Waals surface area (Å²) in [7, 11) is 3.46. The van der Waals surface area contributed by atoms with Crippen molar-refractivity contribution in [1.29, 1.82) is 0 Å². The van der Waals surface area contributed by atoms with E-state index in [4.69, 9.17) is 9.84 Å². The Bertz CT molecular complexity index is 630. The Hall–Kier alpha value is -2.01. The number of aryl methyl sites for hydroxylation is 1. The van der Waals surface area contributed by atoms with Gasteiger partial charge in [-0.05, 0) is 13.0 Å². The van der Waals surface area contributed by atoms with Crippen molar-refractivity contribution < 1.29 is 19.7 Å². The fourth-order valence-corrected chi connectivity index (χ4v) is 2.48. The first-order chi connectivity index (χ1) is 8.97. The molecule has 102 valence electrons. The summed E-state index contributed by atoms with van der Waals surface area (Å²) in [6.45, 7) is 1.86. The maximum atomic E-state index is 10.8. The van der Waals surface area contributed by atoms with E-state index in [1.807, 2.05) is 36.7 Å². The van der Waals surface area contributed by atoms with E-state index in [9.17, 15) is 9.90 Å². The van der Waals surface area contributed by atoms with Gasteiger partial charge in [0.2, 0.25) is 0 Å². The molecule has 0 radical (unpaired) electrons. The van der Waals surface area contributed by atoms with E-state index >= 15 is 0 Å². The molecule has 2 aromatic rings. The van der Waals surface area contributed by atoms with Crippen molar-refractivity contribution in [3.8, 4) is 5.75 Å². The Morgan fingerprint density at radius 1 is 1.47 bits per heavy atom. The molecule has 2 N–H and O–H groups in total. The van der Waals surface area contributed by atoms with Gasteiger partial charge in [0.1, 0.15) is 5.75 Å². The molecular formula is C14H17NO4. The number of carbonyl (C=O) groups is 1. The van der Waals surface area contributed by atoms with Gasteiger partial charge < -0.3 is 19.5 Å². The lowest BCUT2D eigenvalue weighted by atomic mass is 10.0. The number of aromatic nitrogens is 1. The van der Waals surface area contributed by atoms with Crippen molar-refractivity contribution in [2.24, 2.45) is 7.05 Å². The van der Waals surface area contributed by atoms with Gasteiger partial charge in [-0.2, -0.15) is 0 Å². The predicted octanol–water partition coefficient (Wildman–Crippen LogP) is 2.00. The summed E-state index contributed by atoms with van der Waals surface area (Å²) < 4.78 is 7.23. The number of benzene rings is 1. The molecule has 0 saturated carbocycles. The summed E-state index contributed by atoms with van der Waals surface area (Å²) in [6, 6.07) is 5.54. The number of aliphatic carboxylic acids is 1. The lowest BCUT2D eigenvalue weighted by Gasteiger charge is -2.09. The molecular weight excluding hydrogens is 246 g/mol. The molecule has 0 fully saturated rings. The third-order valence-electron chi connectivity index (χ3n) is 3.44. The van der Waals surface area contributed by atoms with E-state index in [0.717, 1.165) is 16.6 Å². The number of aliphatic hydroxyl groups excluding tert-OH is 1. The second-order valence-corrected chi connectivity index (χ2v) is 4.53. The average Bonchev–Trinajstić information content (AvgIpc) is 2.61. The van der Waals surface area contributed by atoms with Gasteiger partial charge in [0.25, 0.3) is 0 Å². The highest BCUT2D eigenvalue weighted by Crippen LogP contribution is 2.36. The van der Waals surface area contributed by atoms with Crippen LogP contribution in [0.2, 0.25) is 0 Å². The van der Waals surface area contributed by atoms with Crippen molar-refractivity contribution >= 4 is 16.9 Å². The molecule has 1 unspecified atom stereocenters. The molecule has 19 heavy (non-hydrogen) atoms. The van der Waals surface area contributed by atoms with Crippen LogP contribution >= 0.6 is 0 Å². The summed E-state index contributed by atoms with van der Waals surface area (Å²) in [4.78, 5) is 10.8. The summed E-state index contributed by atoms with van der Waals surface area (Å²) >= 11 is 0. The van der Waals surface area contributed by atoms with Crippen LogP contribution in [0.1, 0.15) is 23.8 Å². The molecule has 0 bridgehead atoms. The first kappa shape index (κ1) is 13.4. The minimum atomic E-state index is -1.02. The Balaban J connectivity index is 2.68. The van der Waals surface area contributed by atoms with E-state index in [1.165, 1.54) is 0 Å². The number of ether oxygens (including phenoxy) is 1. The van der Waals surface area contributed by atoms with Crippen LogP contribution < -0.4 is 4.74 Å². The number of para-hydroxylation sites is 1. The van der Waals surface area contributed by atoms with Crippen molar-refractivity contribution in [3.63, 3.8) is 0 Å². The monoisotopic (exact) mass is 263 g/mol. The van der Waals surface area contributed by atoms with Crippen molar-refractivity contribution in [2.75, 3.05) is 7.11 Å². The van der Waals surface area contributed by atoms with Crippen LogP contribution in [0.4, 0.5) is 0 Å². The fraction of sp³-hybridized carbons (Fsp3) is 0.357. The minimum Gasteiger partial charge on any atom is -0.495 e. The van der Waals surface area contributed by atoms with E-state index in [1.54, 1.807) is 7.11 Å². The van der Waals surface area contributed by atoms with E-state index in [-0.39, 0.29) is 6.42 Å². The molecule has 5 heteroatoms. The average molecular weight is 263 g/mol. The molecule has 1 aromatic heterocycles. The van der Waals surface area contributed by atoms with E-state index in [2.05, 4.69) is 0 Å². The Morgan fingerprint density at radius 2 is 2.16 bits per heavy atom. The molecule has 1 heterocycles. The number of hydrogen-bond acceptors (Lipinski definition) is 3. The van der Waals surface area contributed by atoms with Crippen LogP contribution in [0.3, 0.4) is 0 Å². The van der Waals surface area contributed by atoms with Crippen LogP contribution in [-0.4, -0.2) is 27.9 Å². The second-order valence-electron chi connectivity index (χ2n) is 4.53. The van der Waals surface area contributed by atoms with Crippen molar-refractivity contribution in [1.82, 2.24) is 4.57 Å².